The Labute approximate surface area is 151 Å². The lowest BCUT2D eigenvalue weighted by Gasteiger charge is -2.27. The van der Waals surface area contributed by atoms with Crippen molar-refractivity contribution in [3.05, 3.63) is 65.4 Å². The maximum absolute atomic E-state index is 12.6. The first kappa shape index (κ1) is 16.2. The van der Waals surface area contributed by atoms with Gasteiger partial charge in [-0.25, -0.2) is 0 Å². The lowest BCUT2D eigenvalue weighted by atomic mass is 9.99. The van der Waals surface area contributed by atoms with E-state index in [2.05, 4.69) is 10.2 Å². The van der Waals surface area contributed by atoms with Gasteiger partial charge in [0.2, 0.25) is 5.91 Å². The first-order valence-corrected chi connectivity index (χ1v) is 8.40. The Kier molecular flexibility index (Phi) is 4.08. The number of aromatic amines is 1. The average molecular weight is 349 g/mol. The Morgan fingerprint density at radius 1 is 1.23 bits per heavy atom. The van der Waals surface area contributed by atoms with Gasteiger partial charge in [0.15, 0.2) is 0 Å². The Morgan fingerprint density at radius 3 is 2.77 bits per heavy atom. The third-order valence-electron chi connectivity index (χ3n) is 4.63. The summed E-state index contributed by atoms with van der Waals surface area (Å²) in [6.07, 6.45) is 0.299. The van der Waals surface area contributed by atoms with Crippen LogP contribution in [0.5, 0.6) is 11.5 Å². The minimum Gasteiger partial charge on any atom is -0.508 e. The summed E-state index contributed by atoms with van der Waals surface area (Å²) in [5.41, 5.74) is 4.44. The van der Waals surface area contributed by atoms with Gasteiger partial charge in [-0.3, -0.25) is 9.89 Å². The molecule has 1 aliphatic heterocycles. The van der Waals surface area contributed by atoms with Gasteiger partial charge in [0, 0.05) is 17.7 Å². The molecule has 0 aliphatic carbocycles. The second kappa shape index (κ2) is 6.55. The van der Waals surface area contributed by atoms with Crippen molar-refractivity contribution >= 4 is 5.91 Å². The molecular formula is C20H19N3O3. The molecule has 2 heterocycles. The highest BCUT2D eigenvalue weighted by atomic mass is 16.5. The lowest BCUT2D eigenvalue weighted by Crippen LogP contribution is -2.35. The van der Waals surface area contributed by atoms with Gasteiger partial charge in [0.05, 0.1) is 31.5 Å². The molecule has 2 aromatic carbocycles. The Hall–Kier alpha value is -3.28. The highest BCUT2D eigenvalue weighted by molar-refractivity contribution is 5.83. The maximum atomic E-state index is 12.6. The first-order chi connectivity index (χ1) is 12.6. The van der Waals surface area contributed by atoms with Crippen LogP contribution < -0.4 is 4.74 Å². The Bertz CT molecular complexity index is 947. The number of hydrogen-bond acceptors (Lipinski definition) is 4. The number of carbonyl (C=O) groups excluding carboxylic acids is 1. The molecule has 6 nitrogen and oxygen atoms in total. The van der Waals surface area contributed by atoms with Crippen molar-refractivity contribution in [2.75, 3.05) is 7.11 Å². The molecule has 0 spiro atoms. The summed E-state index contributed by atoms with van der Waals surface area (Å²) < 4.78 is 5.17. The van der Waals surface area contributed by atoms with E-state index in [1.807, 2.05) is 35.2 Å². The predicted molar refractivity (Wildman–Crippen MR) is 96.6 cm³/mol. The number of benzene rings is 2. The normalized spacial score (nSPS) is 13.6. The minimum atomic E-state index is 0.0659. The number of nitrogens with one attached hydrogen (secondary N) is 1. The summed E-state index contributed by atoms with van der Waals surface area (Å²) in [6.45, 7) is 1.04. The van der Waals surface area contributed by atoms with Crippen molar-refractivity contribution in [2.24, 2.45) is 0 Å². The van der Waals surface area contributed by atoms with Crippen LogP contribution in [-0.2, 0) is 24.3 Å². The zero-order chi connectivity index (χ0) is 18.1. The van der Waals surface area contributed by atoms with Crippen LogP contribution in [0.1, 0.15) is 16.8 Å². The molecule has 0 unspecified atom stereocenters. The van der Waals surface area contributed by atoms with Crippen molar-refractivity contribution < 1.29 is 14.6 Å². The fourth-order valence-electron chi connectivity index (χ4n) is 3.25. The lowest BCUT2D eigenvalue weighted by molar-refractivity contribution is -0.132. The van der Waals surface area contributed by atoms with Gasteiger partial charge >= 0.3 is 0 Å². The van der Waals surface area contributed by atoms with Crippen LogP contribution >= 0.6 is 0 Å². The molecule has 1 amide bonds. The third-order valence-corrected chi connectivity index (χ3v) is 4.63. The molecule has 1 aromatic heterocycles. The number of methoxy groups -OCH3 is 1. The van der Waals surface area contributed by atoms with E-state index in [0.29, 0.717) is 19.5 Å². The standard InChI is InChI=1S/C20H19N3O3/c1-26-16-7-5-13(6-8-16)11-23-12-18-17(10-19(23)25)20(22-21-18)14-3-2-4-15(24)9-14/h2-9,24H,10-12H2,1H3,(H,21,22). The number of phenolic OH excluding ortho intramolecular Hbond substituents is 1. The molecule has 26 heavy (non-hydrogen) atoms. The third kappa shape index (κ3) is 3.01. The predicted octanol–water partition coefficient (Wildman–Crippen LogP) is 2.88. The van der Waals surface area contributed by atoms with E-state index in [0.717, 1.165) is 33.8 Å². The summed E-state index contributed by atoms with van der Waals surface area (Å²) in [5, 5.41) is 17.1. The van der Waals surface area contributed by atoms with E-state index in [1.165, 1.54) is 0 Å². The van der Waals surface area contributed by atoms with Crippen molar-refractivity contribution in [1.82, 2.24) is 15.1 Å². The van der Waals surface area contributed by atoms with Gasteiger partial charge in [0.25, 0.3) is 0 Å². The molecule has 3 aromatic rings. The number of rotatable bonds is 4. The van der Waals surface area contributed by atoms with Crippen LogP contribution in [-0.4, -0.2) is 33.2 Å². The van der Waals surface area contributed by atoms with Crippen LogP contribution in [0.25, 0.3) is 11.3 Å². The number of amides is 1. The number of nitrogens with zero attached hydrogens (tertiary/aromatic N) is 2. The second-order valence-corrected chi connectivity index (χ2v) is 6.35. The number of ether oxygens (including phenoxy) is 1. The second-order valence-electron chi connectivity index (χ2n) is 6.35. The van der Waals surface area contributed by atoms with Gasteiger partial charge in [-0.15, -0.1) is 0 Å². The number of carbonyl (C=O) groups is 1. The molecule has 4 rings (SSSR count). The number of fused-ring (bicyclic) bond motifs is 1. The monoisotopic (exact) mass is 349 g/mol. The molecule has 132 valence electrons. The molecular weight excluding hydrogens is 330 g/mol. The van der Waals surface area contributed by atoms with E-state index in [-0.39, 0.29) is 11.7 Å². The van der Waals surface area contributed by atoms with Gasteiger partial charge in [-0.2, -0.15) is 5.10 Å². The highest BCUT2D eigenvalue weighted by Gasteiger charge is 2.28. The van der Waals surface area contributed by atoms with Crippen LogP contribution in [0.4, 0.5) is 0 Å². The molecule has 0 radical (unpaired) electrons. The van der Waals surface area contributed by atoms with Crippen molar-refractivity contribution in [3.63, 3.8) is 0 Å². The fraction of sp³-hybridized carbons (Fsp3) is 0.200. The van der Waals surface area contributed by atoms with Crippen LogP contribution in [0, 0.1) is 0 Å². The maximum Gasteiger partial charge on any atom is 0.227 e. The number of hydrogen-bond donors (Lipinski definition) is 2. The summed E-state index contributed by atoms with van der Waals surface area (Å²) in [6, 6.07) is 14.6. The van der Waals surface area contributed by atoms with Gasteiger partial charge in [-0.05, 0) is 29.8 Å². The molecule has 0 saturated heterocycles. The van der Waals surface area contributed by atoms with Crippen LogP contribution in [0.15, 0.2) is 48.5 Å². The first-order valence-electron chi connectivity index (χ1n) is 8.40. The summed E-state index contributed by atoms with van der Waals surface area (Å²) >= 11 is 0. The van der Waals surface area contributed by atoms with E-state index >= 15 is 0 Å². The van der Waals surface area contributed by atoms with E-state index in [9.17, 15) is 9.90 Å². The topological polar surface area (TPSA) is 78.4 Å². The number of phenols is 1. The summed E-state index contributed by atoms with van der Waals surface area (Å²) in [5.74, 6) is 1.05. The van der Waals surface area contributed by atoms with Crippen molar-refractivity contribution in [2.45, 2.75) is 19.5 Å². The summed E-state index contributed by atoms with van der Waals surface area (Å²) in [7, 11) is 1.63. The van der Waals surface area contributed by atoms with Crippen LogP contribution in [0.2, 0.25) is 0 Å². The largest absolute Gasteiger partial charge is 0.508 e. The number of aromatic hydroxyl groups is 1. The van der Waals surface area contributed by atoms with Gasteiger partial charge in [-0.1, -0.05) is 24.3 Å². The molecule has 0 fully saturated rings. The molecule has 0 atom stereocenters. The molecule has 0 saturated carbocycles. The Balaban J connectivity index is 1.56. The zero-order valence-corrected chi connectivity index (χ0v) is 14.4. The number of H-pyrrole nitrogens is 1. The molecule has 2 N–H and O–H groups in total. The molecule has 1 aliphatic rings. The van der Waals surface area contributed by atoms with Crippen molar-refractivity contribution in [3.8, 4) is 22.8 Å². The summed E-state index contributed by atoms with van der Waals surface area (Å²) in [4.78, 5) is 14.5. The highest BCUT2D eigenvalue weighted by Crippen LogP contribution is 2.30. The van der Waals surface area contributed by atoms with E-state index in [1.54, 1.807) is 25.3 Å². The van der Waals surface area contributed by atoms with Gasteiger partial charge < -0.3 is 14.7 Å². The molecule has 0 bridgehead atoms. The van der Waals surface area contributed by atoms with Gasteiger partial charge in [0.1, 0.15) is 11.5 Å². The zero-order valence-electron chi connectivity index (χ0n) is 14.4. The van der Waals surface area contributed by atoms with E-state index < -0.39 is 0 Å². The smallest absolute Gasteiger partial charge is 0.227 e. The minimum absolute atomic E-state index is 0.0659. The molecule has 6 heteroatoms. The Morgan fingerprint density at radius 2 is 2.04 bits per heavy atom. The van der Waals surface area contributed by atoms with E-state index in [4.69, 9.17) is 4.74 Å². The quantitative estimate of drug-likeness (QED) is 0.759. The van der Waals surface area contributed by atoms with Crippen LogP contribution in [0.3, 0.4) is 0 Å². The SMILES string of the molecule is COc1ccc(CN2Cc3[nH]nc(-c4cccc(O)c4)c3CC2=O)cc1. The number of aromatic nitrogens is 2. The van der Waals surface area contributed by atoms with Crippen molar-refractivity contribution in [1.29, 1.82) is 0 Å². The average Bonchev–Trinajstić information content (AvgIpc) is 3.05. The fourth-order valence-corrected chi connectivity index (χ4v) is 3.25.